The number of fused-ring (bicyclic) bond motifs is 2. The molecule has 0 fully saturated rings. The van der Waals surface area contributed by atoms with Crippen molar-refractivity contribution in [2.24, 2.45) is 17.0 Å². The first-order chi connectivity index (χ1) is 12.7. The fourth-order valence-corrected chi connectivity index (χ4v) is 4.19. The molecular weight excluding hydrogens is 346 g/mol. The number of thiazole rings is 1. The Balaban J connectivity index is 1.41. The molecule has 1 N–H and O–H groups in total. The minimum absolute atomic E-state index is 0.161. The van der Waals surface area contributed by atoms with Crippen LogP contribution in [0.5, 0.6) is 0 Å². The zero-order chi connectivity index (χ0) is 17.7. The van der Waals surface area contributed by atoms with E-state index in [1.54, 1.807) is 11.3 Å². The number of amidine groups is 2. The van der Waals surface area contributed by atoms with E-state index < -0.39 is 0 Å². The maximum absolute atomic E-state index is 4.72. The van der Waals surface area contributed by atoms with Gasteiger partial charge < -0.3 is 10.2 Å². The molecule has 0 amide bonds. The lowest BCUT2D eigenvalue weighted by molar-refractivity contribution is 0.458. The average molecular weight is 363 g/mol. The number of rotatable bonds is 2. The highest BCUT2D eigenvalue weighted by atomic mass is 32.1. The number of aromatic nitrogens is 3. The highest BCUT2D eigenvalue weighted by Crippen LogP contribution is 2.30. The highest BCUT2D eigenvalue weighted by Gasteiger charge is 2.32. The average Bonchev–Trinajstić information content (AvgIpc) is 3.32. The summed E-state index contributed by atoms with van der Waals surface area (Å²) >= 11 is 1.69. The fourth-order valence-electron chi connectivity index (χ4n) is 3.32. The Morgan fingerprint density at radius 1 is 1.31 bits per heavy atom. The molecule has 0 radical (unpaired) electrons. The number of hydrogen-bond donors (Lipinski definition) is 1. The van der Waals surface area contributed by atoms with Gasteiger partial charge in [-0.15, -0.1) is 11.3 Å². The summed E-state index contributed by atoms with van der Waals surface area (Å²) in [5.41, 5.74) is 3.17. The first-order valence-electron chi connectivity index (χ1n) is 8.38. The third-order valence-electron chi connectivity index (χ3n) is 4.50. The minimum atomic E-state index is 0.161. The van der Waals surface area contributed by atoms with Crippen molar-refractivity contribution in [2.75, 3.05) is 11.9 Å². The molecule has 2 aromatic heterocycles. The smallest absolute Gasteiger partial charge is 0.173 e. The van der Waals surface area contributed by atoms with Crippen molar-refractivity contribution >= 4 is 38.9 Å². The molecule has 7 nitrogen and oxygen atoms in total. The van der Waals surface area contributed by atoms with E-state index in [2.05, 4.69) is 31.4 Å². The third kappa shape index (κ3) is 2.50. The molecule has 0 bridgehead atoms. The quantitative estimate of drug-likeness (QED) is 0.759. The number of aliphatic imine (C=N–C) groups is 2. The van der Waals surface area contributed by atoms with Gasteiger partial charge in [-0.05, 0) is 25.1 Å². The summed E-state index contributed by atoms with van der Waals surface area (Å²) in [5.74, 6) is 1.63. The van der Waals surface area contributed by atoms with Crippen molar-refractivity contribution in [1.82, 2.24) is 19.7 Å². The lowest BCUT2D eigenvalue weighted by Crippen LogP contribution is -2.37. The van der Waals surface area contributed by atoms with Crippen LogP contribution in [0.2, 0.25) is 0 Å². The highest BCUT2D eigenvalue weighted by molar-refractivity contribution is 7.18. The van der Waals surface area contributed by atoms with Crippen molar-refractivity contribution in [3.05, 3.63) is 53.6 Å². The Morgan fingerprint density at radius 2 is 2.23 bits per heavy atom. The van der Waals surface area contributed by atoms with Crippen LogP contribution in [0.25, 0.3) is 10.2 Å². The van der Waals surface area contributed by atoms with E-state index in [9.17, 15) is 0 Å². The van der Waals surface area contributed by atoms with Crippen LogP contribution in [0.3, 0.4) is 0 Å². The van der Waals surface area contributed by atoms with Crippen LogP contribution in [0.1, 0.15) is 16.6 Å². The molecule has 0 spiro atoms. The summed E-state index contributed by atoms with van der Waals surface area (Å²) in [6.45, 7) is 2.72. The summed E-state index contributed by atoms with van der Waals surface area (Å²) < 4.78 is 2.98. The molecular formula is C18H17N7S. The first-order valence-corrected chi connectivity index (χ1v) is 9.19. The molecule has 5 rings (SSSR count). The van der Waals surface area contributed by atoms with Gasteiger partial charge in [-0.2, -0.15) is 5.10 Å². The minimum Gasteiger partial charge on any atom is -0.337 e. The number of nitrogens with zero attached hydrogens (tertiary/aromatic N) is 6. The molecule has 1 unspecified atom stereocenters. The molecule has 8 heteroatoms. The number of aryl methyl sites for hydroxylation is 2. The Morgan fingerprint density at radius 3 is 3.08 bits per heavy atom. The van der Waals surface area contributed by atoms with Gasteiger partial charge in [0.05, 0.1) is 34.0 Å². The molecule has 3 aromatic rings. The normalized spacial score (nSPS) is 18.8. The van der Waals surface area contributed by atoms with E-state index in [1.165, 1.54) is 0 Å². The van der Waals surface area contributed by atoms with Crippen molar-refractivity contribution in [3.8, 4) is 0 Å². The molecule has 26 heavy (non-hydrogen) atoms. The van der Waals surface area contributed by atoms with Crippen LogP contribution in [0.15, 0.2) is 53.0 Å². The van der Waals surface area contributed by atoms with Crippen molar-refractivity contribution < 1.29 is 0 Å². The SMILES string of the molecule is Cc1nc2ccc(NC3=NC=CN4C3=NCC4c3cnn(C)c3)cc2s1. The monoisotopic (exact) mass is 363 g/mol. The van der Waals surface area contributed by atoms with Crippen molar-refractivity contribution in [3.63, 3.8) is 0 Å². The lowest BCUT2D eigenvalue weighted by atomic mass is 10.1. The second-order valence-corrected chi connectivity index (χ2v) is 7.59. The Kier molecular flexibility index (Phi) is 3.39. The Labute approximate surface area is 154 Å². The first kappa shape index (κ1) is 15.3. The summed E-state index contributed by atoms with van der Waals surface area (Å²) in [4.78, 5) is 15.9. The molecule has 2 aliphatic rings. The van der Waals surface area contributed by atoms with Crippen LogP contribution < -0.4 is 5.32 Å². The van der Waals surface area contributed by atoms with Crippen molar-refractivity contribution in [1.29, 1.82) is 0 Å². The van der Waals surface area contributed by atoms with E-state index in [1.807, 2.05) is 55.6 Å². The topological polar surface area (TPSA) is 70.7 Å². The van der Waals surface area contributed by atoms with Crippen LogP contribution in [0.4, 0.5) is 5.69 Å². The molecule has 0 saturated carbocycles. The predicted molar refractivity (Wildman–Crippen MR) is 105 cm³/mol. The number of nitrogens with one attached hydrogen (secondary N) is 1. The second kappa shape index (κ2) is 5.77. The summed E-state index contributed by atoms with van der Waals surface area (Å²) in [6, 6.07) is 6.33. The fraction of sp³-hybridized carbons (Fsp3) is 0.222. The van der Waals surface area contributed by atoms with Gasteiger partial charge in [0.2, 0.25) is 0 Å². The van der Waals surface area contributed by atoms with Gasteiger partial charge >= 0.3 is 0 Å². The van der Waals surface area contributed by atoms with E-state index >= 15 is 0 Å². The van der Waals surface area contributed by atoms with E-state index in [4.69, 9.17) is 4.99 Å². The molecule has 1 aromatic carbocycles. The van der Waals surface area contributed by atoms with E-state index in [-0.39, 0.29) is 6.04 Å². The molecule has 0 aliphatic carbocycles. The molecule has 2 aliphatic heterocycles. The molecule has 0 saturated heterocycles. The largest absolute Gasteiger partial charge is 0.337 e. The second-order valence-electron chi connectivity index (χ2n) is 6.35. The third-order valence-corrected chi connectivity index (χ3v) is 5.44. The van der Waals surface area contributed by atoms with Crippen LogP contribution in [-0.4, -0.2) is 37.9 Å². The van der Waals surface area contributed by atoms with Crippen molar-refractivity contribution in [2.45, 2.75) is 13.0 Å². The van der Waals surface area contributed by atoms with E-state index in [0.717, 1.165) is 38.1 Å². The lowest BCUT2D eigenvalue weighted by Gasteiger charge is -2.26. The van der Waals surface area contributed by atoms with Gasteiger partial charge in [-0.3, -0.25) is 9.67 Å². The Bertz CT molecular complexity index is 1090. The standard InChI is InChI=1S/C18H17N7S/c1-11-22-14-4-3-13(7-16(14)26-11)23-17-18-20-9-15(25(18)6-5-19-17)12-8-21-24(2)10-12/h3-8,10,15H,9H2,1-2H3,(H,19,23). The predicted octanol–water partition coefficient (Wildman–Crippen LogP) is 3.09. The molecule has 1 atom stereocenters. The zero-order valence-electron chi connectivity index (χ0n) is 14.4. The van der Waals surface area contributed by atoms with Gasteiger partial charge in [-0.1, -0.05) is 0 Å². The maximum atomic E-state index is 4.72. The summed E-state index contributed by atoms with van der Waals surface area (Å²) in [7, 11) is 1.93. The number of anilines is 1. The molecule has 4 heterocycles. The summed E-state index contributed by atoms with van der Waals surface area (Å²) in [5, 5.41) is 8.77. The van der Waals surface area contributed by atoms with Crippen LogP contribution >= 0.6 is 11.3 Å². The van der Waals surface area contributed by atoms with Crippen LogP contribution in [-0.2, 0) is 7.05 Å². The van der Waals surface area contributed by atoms with Crippen LogP contribution in [0, 0.1) is 6.92 Å². The van der Waals surface area contributed by atoms with E-state index in [0.29, 0.717) is 6.54 Å². The summed E-state index contributed by atoms with van der Waals surface area (Å²) in [6.07, 6.45) is 7.72. The van der Waals surface area contributed by atoms with Gasteiger partial charge in [-0.25, -0.2) is 9.98 Å². The van der Waals surface area contributed by atoms with Gasteiger partial charge in [0.1, 0.15) is 0 Å². The van der Waals surface area contributed by atoms with Gasteiger partial charge in [0.15, 0.2) is 11.7 Å². The molecule has 130 valence electrons. The maximum Gasteiger partial charge on any atom is 0.173 e. The number of benzene rings is 1. The van der Waals surface area contributed by atoms with Gasteiger partial charge in [0.25, 0.3) is 0 Å². The number of hydrogen-bond acceptors (Lipinski definition) is 7. The zero-order valence-corrected chi connectivity index (χ0v) is 15.2. The Hall–Kier alpha value is -3.00. The van der Waals surface area contributed by atoms with Gasteiger partial charge in [0, 0.05) is 36.9 Å².